The lowest BCUT2D eigenvalue weighted by atomic mass is 10.0. The topological polar surface area (TPSA) is 53.4 Å². The maximum atomic E-state index is 10.9. The Hall–Kier alpha value is -1.42. The molecule has 1 aromatic heterocycles. The van der Waals surface area contributed by atoms with Crippen LogP contribution in [0.4, 0.5) is 0 Å². The fourth-order valence-corrected chi connectivity index (χ4v) is 1.77. The highest BCUT2D eigenvalue weighted by molar-refractivity contribution is 5.89. The van der Waals surface area contributed by atoms with E-state index in [0.29, 0.717) is 12.1 Å². The van der Waals surface area contributed by atoms with Crippen LogP contribution in [0.2, 0.25) is 0 Å². The molecule has 2 rings (SSSR count). The summed E-state index contributed by atoms with van der Waals surface area (Å²) in [5, 5.41) is 8.98. The predicted octanol–water partition coefficient (Wildman–Crippen LogP) is 0.768. The van der Waals surface area contributed by atoms with Crippen molar-refractivity contribution in [1.82, 2.24) is 9.88 Å². The van der Waals surface area contributed by atoms with Crippen LogP contribution in [0.25, 0.3) is 0 Å². The molecule has 0 fully saturated rings. The molecule has 0 aromatic carbocycles. The summed E-state index contributed by atoms with van der Waals surface area (Å²) in [4.78, 5) is 17.2. The van der Waals surface area contributed by atoms with Crippen LogP contribution in [0.1, 0.15) is 21.6 Å². The SMILES string of the molecule is CN1CCc2nccc(C(=O)O)c2C1. The molecule has 0 spiro atoms. The van der Waals surface area contributed by atoms with E-state index in [-0.39, 0.29) is 0 Å². The van der Waals surface area contributed by atoms with Gasteiger partial charge in [0, 0.05) is 37.0 Å². The van der Waals surface area contributed by atoms with Gasteiger partial charge in [-0.1, -0.05) is 0 Å². The number of hydrogen-bond donors (Lipinski definition) is 1. The third-order valence-corrected chi connectivity index (χ3v) is 2.53. The number of carbonyl (C=O) groups is 1. The second-order valence-electron chi connectivity index (χ2n) is 3.58. The van der Waals surface area contributed by atoms with E-state index >= 15 is 0 Å². The summed E-state index contributed by atoms with van der Waals surface area (Å²) in [6.45, 7) is 1.63. The number of aromatic carboxylic acids is 1. The first kappa shape index (κ1) is 9.15. The second-order valence-corrected chi connectivity index (χ2v) is 3.58. The normalized spacial score (nSPS) is 16.4. The van der Waals surface area contributed by atoms with Crippen LogP contribution in [0.15, 0.2) is 12.3 Å². The smallest absolute Gasteiger partial charge is 0.336 e. The van der Waals surface area contributed by atoms with Gasteiger partial charge in [0.1, 0.15) is 0 Å². The quantitative estimate of drug-likeness (QED) is 0.714. The summed E-state index contributed by atoms with van der Waals surface area (Å²) in [6.07, 6.45) is 2.42. The number of fused-ring (bicyclic) bond motifs is 1. The van der Waals surface area contributed by atoms with Crippen LogP contribution in [-0.4, -0.2) is 34.6 Å². The van der Waals surface area contributed by atoms with Crippen molar-refractivity contribution >= 4 is 5.97 Å². The average molecular weight is 192 g/mol. The molecule has 4 nitrogen and oxygen atoms in total. The molecule has 1 aliphatic heterocycles. The fraction of sp³-hybridized carbons (Fsp3) is 0.400. The highest BCUT2D eigenvalue weighted by Gasteiger charge is 2.20. The summed E-state index contributed by atoms with van der Waals surface area (Å²) in [7, 11) is 1.99. The van der Waals surface area contributed by atoms with Crippen LogP contribution in [0.3, 0.4) is 0 Å². The lowest BCUT2D eigenvalue weighted by Gasteiger charge is -2.24. The molecule has 0 unspecified atom stereocenters. The molecule has 1 aromatic rings. The Morgan fingerprint density at radius 1 is 1.64 bits per heavy atom. The molecule has 0 saturated heterocycles. The van der Waals surface area contributed by atoms with Crippen molar-refractivity contribution in [1.29, 1.82) is 0 Å². The monoisotopic (exact) mass is 192 g/mol. The molecule has 2 heterocycles. The highest BCUT2D eigenvalue weighted by Crippen LogP contribution is 2.19. The zero-order chi connectivity index (χ0) is 10.1. The summed E-state index contributed by atoms with van der Waals surface area (Å²) in [5.41, 5.74) is 2.19. The van der Waals surface area contributed by atoms with Gasteiger partial charge >= 0.3 is 5.97 Å². The fourth-order valence-electron chi connectivity index (χ4n) is 1.77. The van der Waals surface area contributed by atoms with Crippen molar-refractivity contribution < 1.29 is 9.90 Å². The summed E-state index contributed by atoms with van der Waals surface area (Å²) in [6, 6.07) is 1.57. The maximum absolute atomic E-state index is 10.9. The first-order valence-electron chi connectivity index (χ1n) is 4.57. The van der Waals surface area contributed by atoms with Crippen molar-refractivity contribution in [2.24, 2.45) is 0 Å². The van der Waals surface area contributed by atoms with Gasteiger partial charge in [0.05, 0.1) is 5.56 Å². The molecule has 14 heavy (non-hydrogen) atoms. The minimum atomic E-state index is -0.862. The van der Waals surface area contributed by atoms with Crippen molar-refractivity contribution in [2.45, 2.75) is 13.0 Å². The average Bonchev–Trinajstić information content (AvgIpc) is 2.16. The predicted molar refractivity (Wildman–Crippen MR) is 51.2 cm³/mol. The Balaban J connectivity index is 2.48. The maximum Gasteiger partial charge on any atom is 0.336 e. The van der Waals surface area contributed by atoms with Gasteiger partial charge in [-0.2, -0.15) is 0 Å². The molecule has 0 atom stereocenters. The summed E-state index contributed by atoms with van der Waals surface area (Å²) < 4.78 is 0. The van der Waals surface area contributed by atoms with Gasteiger partial charge in [-0.25, -0.2) is 4.79 Å². The Morgan fingerprint density at radius 2 is 2.43 bits per heavy atom. The number of aromatic nitrogens is 1. The van der Waals surface area contributed by atoms with E-state index in [1.54, 1.807) is 12.3 Å². The van der Waals surface area contributed by atoms with E-state index in [4.69, 9.17) is 5.11 Å². The Morgan fingerprint density at radius 3 is 3.14 bits per heavy atom. The van der Waals surface area contributed by atoms with Gasteiger partial charge in [0.15, 0.2) is 0 Å². The second kappa shape index (κ2) is 3.38. The molecule has 4 heteroatoms. The van der Waals surface area contributed by atoms with Gasteiger partial charge in [0.25, 0.3) is 0 Å². The number of rotatable bonds is 1. The first-order chi connectivity index (χ1) is 6.68. The van der Waals surface area contributed by atoms with Gasteiger partial charge in [-0.3, -0.25) is 4.98 Å². The van der Waals surface area contributed by atoms with Crippen molar-refractivity contribution in [3.63, 3.8) is 0 Å². The first-order valence-corrected chi connectivity index (χ1v) is 4.57. The third kappa shape index (κ3) is 1.48. The zero-order valence-corrected chi connectivity index (χ0v) is 8.03. The van der Waals surface area contributed by atoms with Gasteiger partial charge in [0.2, 0.25) is 0 Å². The van der Waals surface area contributed by atoms with Crippen molar-refractivity contribution in [2.75, 3.05) is 13.6 Å². The van der Waals surface area contributed by atoms with Gasteiger partial charge < -0.3 is 10.0 Å². The lowest BCUT2D eigenvalue weighted by Crippen LogP contribution is -2.28. The molecule has 0 saturated carbocycles. The lowest BCUT2D eigenvalue weighted by molar-refractivity contribution is 0.0694. The molecule has 0 radical (unpaired) electrons. The van der Waals surface area contributed by atoms with Crippen LogP contribution in [-0.2, 0) is 13.0 Å². The molecule has 1 aliphatic rings. The Labute approximate surface area is 82.2 Å². The van der Waals surface area contributed by atoms with Crippen LogP contribution in [0.5, 0.6) is 0 Å². The van der Waals surface area contributed by atoms with Gasteiger partial charge in [-0.05, 0) is 13.1 Å². The molecule has 0 bridgehead atoms. The summed E-state index contributed by atoms with van der Waals surface area (Å²) >= 11 is 0. The Bertz CT molecular complexity index is 376. The van der Waals surface area contributed by atoms with Crippen LogP contribution in [0, 0.1) is 0 Å². The standard InChI is InChI=1S/C10H12N2O2/c1-12-5-3-9-8(6-12)7(10(13)14)2-4-11-9/h2,4H,3,5-6H2,1H3,(H,13,14). The number of nitrogens with zero attached hydrogens (tertiary/aromatic N) is 2. The number of pyridine rings is 1. The van der Waals surface area contributed by atoms with E-state index in [0.717, 1.165) is 24.2 Å². The minimum absolute atomic E-state index is 0.390. The highest BCUT2D eigenvalue weighted by atomic mass is 16.4. The van der Waals surface area contributed by atoms with Crippen molar-refractivity contribution in [3.05, 3.63) is 29.1 Å². The Kier molecular flexibility index (Phi) is 2.21. The number of hydrogen-bond acceptors (Lipinski definition) is 3. The molecule has 0 amide bonds. The van der Waals surface area contributed by atoms with E-state index in [1.807, 2.05) is 7.05 Å². The number of carboxylic acids is 1. The van der Waals surface area contributed by atoms with Gasteiger partial charge in [-0.15, -0.1) is 0 Å². The third-order valence-electron chi connectivity index (χ3n) is 2.53. The van der Waals surface area contributed by atoms with Crippen LogP contribution < -0.4 is 0 Å². The number of likely N-dealkylation sites (N-methyl/N-ethyl adjacent to an activating group) is 1. The molecule has 0 aliphatic carbocycles. The number of carboxylic acid groups (broad SMARTS) is 1. The van der Waals surface area contributed by atoms with E-state index in [2.05, 4.69) is 9.88 Å². The largest absolute Gasteiger partial charge is 0.478 e. The van der Waals surface area contributed by atoms with Crippen molar-refractivity contribution in [3.8, 4) is 0 Å². The zero-order valence-electron chi connectivity index (χ0n) is 8.03. The van der Waals surface area contributed by atoms with E-state index < -0.39 is 5.97 Å². The van der Waals surface area contributed by atoms with E-state index in [9.17, 15) is 4.79 Å². The van der Waals surface area contributed by atoms with Crippen LogP contribution >= 0.6 is 0 Å². The molecular formula is C10H12N2O2. The molecule has 74 valence electrons. The van der Waals surface area contributed by atoms with E-state index in [1.165, 1.54) is 0 Å². The molecular weight excluding hydrogens is 180 g/mol. The summed E-state index contributed by atoms with van der Waals surface area (Å²) in [5.74, 6) is -0.862. The molecule has 1 N–H and O–H groups in total. The minimum Gasteiger partial charge on any atom is -0.478 e.